The molecular formula is C18H20N2O4. The molecule has 0 aliphatic carbocycles. The van der Waals surface area contributed by atoms with Crippen molar-refractivity contribution < 1.29 is 19.0 Å². The fraction of sp³-hybridized carbons (Fsp3) is 0.278. The predicted octanol–water partition coefficient (Wildman–Crippen LogP) is 2.48. The molecule has 0 fully saturated rings. The van der Waals surface area contributed by atoms with E-state index in [-0.39, 0.29) is 11.8 Å². The number of nitrogens with two attached hydrogens (primary N) is 1. The topological polar surface area (TPSA) is 82.8 Å². The summed E-state index contributed by atoms with van der Waals surface area (Å²) in [7, 11) is 3.17. The SMILES string of the molecule is COc1ccc2c(c1)CC(C(=O)Nc1ccc(OC)c(N)c1)CO2. The molecule has 0 saturated heterocycles. The van der Waals surface area contributed by atoms with Crippen LogP contribution in [0.3, 0.4) is 0 Å². The Hall–Kier alpha value is -2.89. The van der Waals surface area contributed by atoms with Crippen LogP contribution >= 0.6 is 0 Å². The lowest BCUT2D eigenvalue weighted by molar-refractivity contribution is -0.121. The van der Waals surface area contributed by atoms with Crippen molar-refractivity contribution in [3.8, 4) is 17.2 Å². The van der Waals surface area contributed by atoms with Gasteiger partial charge in [-0.3, -0.25) is 4.79 Å². The summed E-state index contributed by atoms with van der Waals surface area (Å²) in [4.78, 5) is 12.5. The van der Waals surface area contributed by atoms with Crippen molar-refractivity contribution >= 4 is 17.3 Å². The van der Waals surface area contributed by atoms with E-state index >= 15 is 0 Å². The van der Waals surface area contributed by atoms with Crippen molar-refractivity contribution in [3.63, 3.8) is 0 Å². The van der Waals surface area contributed by atoms with Gasteiger partial charge in [0.2, 0.25) is 5.91 Å². The van der Waals surface area contributed by atoms with Gasteiger partial charge in [0.25, 0.3) is 0 Å². The standard InChI is InChI=1S/C18H20N2O4/c1-22-14-4-6-16-11(8-14)7-12(10-24-16)18(21)20-13-3-5-17(23-2)15(19)9-13/h3-6,8-9,12H,7,10,19H2,1-2H3,(H,20,21). The first-order valence-electron chi connectivity index (χ1n) is 7.65. The fourth-order valence-electron chi connectivity index (χ4n) is 2.72. The minimum absolute atomic E-state index is 0.104. The number of methoxy groups -OCH3 is 2. The van der Waals surface area contributed by atoms with E-state index in [0.29, 0.717) is 30.2 Å². The normalized spacial score (nSPS) is 15.8. The summed E-state index contributed by atoms with van der Waals surface area (Å²) in [5.41, 5.74) is 7.95. The smallest absolute Gasteiger partial charge is 0.231 e. The molecule has 1 amide bonds. The quantitative estimate of drug-likeness (QED) is 0.843. The van der Waals surface area contributed by atoms with Crippen molar-refractivity contribution in [1.29, 1.82) is 0 Å². The zero-order valence-corrected chi connectivity index (χ0v) is 13.7. The van der Waals surface area contributed by atoms with E-state index in [9.17, 15) is 4.79 Å². The Morgan fingerprint density at radius 2 is 2.04 bits per heavy atom. The van der Waals surface area contributed by atoms with Crippen molar-refractivity contribution in [2.24, 2.45) is 5.92 Å². The van der Waals surface area contributed by atoms with Gasteiger partial charge in [-0.1, -0.05) is 0 Å². The van der Waals surface area contributed by atoms with E-state index < -0.39 is 0 Å². The first kappa shape index (κ1) is 16.0. The Bertz CT molecular complexity index is 761. The van der Waals surface area contributed by atoms with Crippen LogP contribution in [-0.2, 0) is 11.2 Å². The molecule has 0 spiro atoms. The number of anilines is 2. The van der Waals surface area contributed by atoms with Crippen molar-refractivity contribution in [3.05, 3.63) is 42.0 Å². The third kappa shape index (κ3) is 3.22. The number of carbonyl (C=O) groups is 1. The summed E-state index contributed by atoms with van der Waals surface area (Å²) in [5.74, 6) is 1.76. The van der Waals surface area contributed by atoms with Gasteiger partial charge in [0.1, 0.15) is 23.9 Å². The molecule has 126 valence electrons. The average Bonchev–Trinajstić information content (AvgIpc) is 2.60. The number of nitrogens with one attached hydrogen (secondary N) is 1. The highest BCUT2D eigenvalue weighted by atomic mass is 16.5. The molecule has 0 radical (unpaired) electrons. The van der Waals surface area contributed by atoms with E-state index in [1.807, 2.05) is 18.2 Å². The van der Waals surface area contributed by atoms with E-state index in [1.165, 1.54) is 0 Å². The van der Waals surface area contributed by atoms with E-state index in [0.717, 1.165) is 17.1 Å². The molecule has 1 aliphatic heterocycles. The number of ether oxygens (including phenoxy) is 3. The van der Waals surface area contributed by atoms with Gasteiger partial charge in [-0.05, 0) is 48.4 Å². The van der Waals surface area contributed by atoms with Crippen LogP contribution in [0.2, 0.25) is 0 Å². The molecule has 1 heterocycles. The highest BCUT2D eigenvalue weighted by Crippen LogP contribution is 2.31. The number of nitrogen functional groups attached to an aromatic ring is 1. The first-order chi connectivity index (χ1) is 11.6. The maximum atomic E-state index is 12.5. The average molecular weight is 328 g/mol. The lowest BCUT2D eigenvalue weighted by atomic mass is 9.95. The number of amides is 1. The summed E-state index contributed by atoms with van der Waals surface area (Å²) in [5, 5.41) is 2.88. The molecule has 1 aliphatic rings. The number of carbonyl (C=O) groups excluding carboxylic acids is 1. The molecule has 1 unspecified atom stereocenters. The van der Waals surface area contributed by atoms with Crippen LogP contribution in [0.15, 0.2) is 36.4 Å². The van der Waals surface area contributed by atoms with Gasteiger partial charge in [0.15, 0.2) is 0 Å². The first-order valence-corrected chi connectivity index (χ1v) is 7.65. The largest absolute Gasteiger partial charge is 0.497 e. The second kappa shape index (κ2) is 6.70. The third-order valence-corrected chi connectivity index (χ3v) is 4.04. The number of hydrogen-bond acceptors (Lipinski definition) is 5. The number of benzene rings is 2. The van der Waals surface area contributed by atoms with E-state index in [1.54, 1.807) is 32.4 Å². The molecule has 24 heavy (non-hydrogen) atoms. The van der Waals surface area contributed by atoms with Crippen LogP contribution in [0, 0.1) is 5.92 Å². The summed E-state index contributed by atoms with van der Waals surface area (Å²) in [6, 6.07) is 10.8. The molecule has 3 rings (SSSR count). The van der Waals surface area contributed by atoms with E-state index in [4.69, 9.17) is 19.9 Å². The summed E-state index contributed by atoms with van der Waals surface area (Å²) < 4.78 is 16.0. The van der Waals surface area contributed by atoms with Crippen molar-refractivity contribution in [2.75, 3.05) is 31.9 Å². The second-order valence-electron chi connectivity index (χ2n) is 5.63. The number of rotatable bonds is 4. The Morgan fingerprint density at radius 3 is 2.75 bits per heavy atom. The lowest BCUT2D eigenvalue weighted by Crippen LogP contribution is -2.32. The Balaban J connectivity index is 1.70. The Kier molecular flexibility index (Phi) is 4.46. The number of fused-ring (bicyclic) bond motifs is 1. The minimum Gasteiger partial charge on any atom is -0.497 e. The van der Waals surface area contributed by atoms with Crippen LogP contribution < -0.4 is 25.3 Å². The number of hydrogen-bond donors (Lipinski definition) is 2. The van der Waals surface area contributed by atoms with Gasteiger partial charge in [-0.2, -0.15) is 0 Å². The molecule has 1 atom stereocenters. The maximum Gasteiger partial charge on any atom is 0.231 e. The van der Waals surface area contributed by atoms with Gasteiger partial charge < -0.3 is 25.3 Å². The summed E-state index contributed by atoms with van der Waals surface area (Å²) in [6.07, 6.45) is 0.601. The van der Waals surface area contributed by atoms with Crippen LogP contribution in [-0.4, -0.2) is 26.7 Å². The van der Waals surface area contributed by atoms with Crippen LogP contribution in [0.1, 0.15) is 5.56 Å². The van der Waals surface area contributed by atoms with Crippen LogP contribution in [0.4, 0.5) is 11.4 Å². The molecule has 0 aromatic heterocycles. The fourth-order valence-corrected chi connectivity index (χ4v) is 2.72. The van der Waals surface area contributed by atoms with Crippen LogP contribution in [0.25, 0.3) is 0 Å². The molecule has 0 saturated carbocycles. The highest BCUT2D eigenvalue weighted by molar-refractivity contribution is 5.93. The van der Waals surface area contributed by atoms with Gasteiger partial charge in [-0.25, -0.2) is 0 Å². The molecule has 0 bridgehead atoms. The van der Waals surface area contributed by atoms with Crippen LogP contribution in [0.5, 0.6) is 17.2 Å². The molecule has 2 aromatic carbocycles. The lowest BCUT2D eigenvalue weighted by Gasteiger charge is -2.25. The highest BCUT2D eigenvalue weighted by Gasteiger charge is 2.26. The molecule has 2 aromatic rings. The molecule has 6 heteroatoms. The zero-order chi connectivity index (χ0) is 17.1. The summed E-state index contributed by atoms with van der Waals surface area (Å²) in [6.45, 7) is 0.344. The Labute approximate surface area is 140 Å². The Morgan fingerprint density at radius 1 is 1.21 bits per heavy atom. The van der Waals surface area contributed by atoms with Gasteiger partial charge >= 0.3 is 0 Å². The second-order valence-corrected chi connectivity index (χ2v) is 5.63. The zero-order valence-electron chi connectivity index (χ0n) is 13.7. The van der Waals surface area contributed by atoms with Crippen molar-refractivity contribution in [2.45, 2.75) is 6.42 Å². The molecule has 3 N–H and O–H groups in total. The third-order valence-electron chi connectivity index (χ3n) is 4.04. The summed E-state index contributed by atoms with van der Waals surface area (Å²) >= 11 is 0. The van der Waals surface area contributed by atoms with Gasteiger partial charge in [0.05, 0.1) is 25.8 Å². The maximum absolute atomic E-state index is 12.5. The van der Waals surface area contributed by atoms with Crippen molar-refractivity contribution in [1.82, 2.24) is 0 Å². The molecular weight excluding hydrogens is 308 g/mol. The molecule has 6 nitrogen and oxygen atoms in total. The predicted molar refractivity (Wildman–Crippen MR) is 91.7 cm³/mol. The van der Waals surface area contributed by atoms with Gasteiger partial charge in [-0.15, -0.1) is 0 Å². The van der Waals surface area contributed by atoms with E-state index in [2.05, 4.69) is 5.32 Å². The van der Waals surface area contributed by atoms with Gasteiger partial charge in [0, 0.05) is 5.69 Å². The minimum atomic E-state index is -0.270. The monoisotopic (exact) mass is 328 g/mol.